The van der Waals surface area contributed by atoms with Gasteiger partial charge in [0.15, 0.2) is 6.61 Å². The third-order valence-corrected chi connectivity index (χ3v) is 4.47. The van der Waals surface area contributed by atoms with Crippen molar-refractivity contribution in [1.82, 2.24) is 4.90 Å². The molecule has 0 radical (unpaired) electrons. The summed E-state index contributed by atoms with van der Waals surface area (Å²) in [6.07, 6.45) is 0.854. The molecule has 0 bridgehead atoms. The van der Waals surface area contributed by atoms with Crippen LogP contribution < -0.4 is 5.32 Å². The van der Waals surface area contributed by atoms with E-state index in [9.17, 15) is 29.3 Å². The lowest BCUT2D eigenvalue weighted by Crippen LogP contribution is -2.36. The monoisotopic (exact) mass is 411 g/mol. The van der Waals surface area contributed by atoms with Gasteiger partial charge in [0.2, 0.25) is 0 Å². The van der Waals surface area contributed by atoms with E-state index >= 15 is 0 Å². The van der Waals surface area contributed by atoms with E-state index in [1.807, 2.05) is 19.1 Å². The van der Waals surface area contributed by atoms with Crippen molar-refractivity contribution in [3.63, 3.8) is 0 Å². The number of nitro benzene ring substituents is 1. The molecule has 3 amide bonds. The molecule has 1 aliphatic heterocycles. The van der Waals surface area contributed by atoms with E-state index in [0.717, 1.165) is 18.1 Å². The number of rotatable bonds is 7. The topological polar surface area (TPSA) is 136 Å². The second kappa shape index (κ2) is 8.52. The third-order valence-electron chi connectivity index (χ3n) is 4.47. The van der Waals surface area contributed by atoms with Gasteiger partial charge < -0.3 is 10.1 Å². The number of ether oxygens (including phenoxy) is 1. The first-order chi connectivity index (χ1) is 14.3. The summed E-state index contributed by atoms with van der Waals surface area (Å²) < 4.78 is 4.83. The molecule has 0 fully saturated rings. The summed E-state index contributed by atoms with van der Waals surface area (Å²) in [5.74, 6) is -3.38. The number of hydrogen-bond acceptors (Lipinski definition) is 7. The molecule has 3 rings (SSSR count). The van der Waals surface area contributed by atoms with Gasteiger partial charge in [-0.15, -0.1) is 0 Å². The number of aryl methyl sites for hydroxylation is 1. The molecular weight excluding hydrogens is 394 g/mol. The molecular formula is C20H17N3O7. The first kappa shape index (κ1) is 20.6. The Hall–Kier alpha value is -4.08. The lowest BCUT2D eigenvalue weighted by molar-refractivity contribution is -0.385. The molecule has 10 heteroatoms. The zero-order valence-corrected chi connectivity index (χ0v) is 15.9. The van der Waals surface area contributed by atoms with Crippen molar-refractivity contribution >= 4 is 35.1 Å². The van der Waals surface area contributed by atoms with Gasteiger partial charge in [-0.1, -0.05) is 25.1 Å². The van der Waals surface area contributed by atoms with Crippen molar-refractivity contribution in [3.05, 3.63) is 69.3 Å². The maximum atomic E-state index is 12.4. The third kappa shape index (κ3) is 4.17. The lowest BCUT2D eigenvalue weighted by Gasteiger charge is -2.13. The summed E-state index contributed by atoms with van der Waals surface area (Å²) >= 11 is 0. The van der Waals surface area contributed by atoms with Gasteiger partial charge in [0.1, 0.15) is 12.1 Å². The van der Waals surface area contributed by atoms with Gasteiger partial charge in [-0.2, -0.15) is 0 Å². The SMILES string of the molecule is CCc1ccc(NC(=O)COC(=O)CN2C(=O)c3cccc([N+](=O)[O-])c3C2=O)cc1. The standard InChI is InChI=1S/C20H17N3O7/c1-2-12-6-8-13(9-7-12)21-16(24)11-30-17(25)10-22-19(26)14-4-3-5-15(23(28)29)18(14)20(22)27/h3-9H,2,10-11H2,1H3,(H,21,24). The normalized spacial score (nSPS) is 12.5. The van der Waals surface area contributed by atoms with Crippen LogP contribution in [0.3, 0.4) is 0 Å². The fraction of sp³-hybridized carbons (Fsp3) is 0.200. The van der Waals surface area contributed by atoms with Gasteiger partial charge in [0, 0.05) is 11.8 Å². The number of imide groups is 1. The van der Waals surface area contributed by atoms with E-state index in [-0.39, 0.29) is 11.1 Å². The number of hydrogen-bond donors (Lipinski definition) is 1. The molecule has 0 saturated carbocycles. The Morgan fingerprint density at radius 1 is 1.10 bits per heavy atom. The number of benzene rings is 2. The number of esters is 1. The Kier molecular flexibility index (Phi) is 5.86. The Bertz CT molecular complexity index is 1050. The van der Waals surface area contributed by atoms with Gasteiger partial charge in [0.25, 0.3) is 23.4 Å². The Labute approximate surface area is 170 Å². The zero-order chi connectivity index (χ0) is 21.8. The van der Waals surface area contributed by atoms with Crippen LogP contribution in [0.2, 0.25) is 0 Å². The fourth-order valence-corrected chi connectivity index (χ4v) is 2.95. The Morgan fingerprint density at radius 2 is 1.80 bits per heavy atom. The minimum Gasteiger partial charge on any atom is -0.454 e. The quantitative estimate of drug-likeness (QED) is 0.318. The molecule has 2 aromatic carbocycles. The smallest absolute Gasteiger partial charge is 0.326 e. The highest BCUT2D eigenvalue weighted by Gasteiger charge is 2.41. The van der Waals surface area contributed by atoms with Gasteiger partial charge in [-0.3, -0.25) is 34.2 Å². The van der Waals surface area contributed by atoms with Crippen LogP contribution >= 0.6 is 0 Å². The van der Waals surface area contributed by atoms with E-state index < -0.39 is 47.5 Å². The number of nitro groups is 1. The molecule has 30 heavy (non-hydrogen) atoms. The highest BCUT2D eigenvalue weighted by atomic mass is 16.6. The van der Waals surface area contributed by atoms with E-state index in [2.05, 4.69) is 5.32 Å². The largest absolute Gasteiger partial charge is 0.454 e. The lowest BCUT2D eigenvalue weighted by atomic mass is 10.1. The molecule has 1 aliphatic rings. The molecule has 0 spiro atoms. The van der Waals surface area contributed by atoms with Gasteiger partial charge in [0.05, 0.1) is 10.5 Å². The van der Waals surface area contributed by atoms with E-state index in [1.54, 1.807) is 12.1 Å². The van der Waals surface area contributed by atoms with Crippen LogP contribution in [0.15, 0.2) is 42.5 Å². The summed E-state index contributed by atoms with van der Waals surface area (Å²) in [5.41, 5.74) is 0.584. The summed E-state index contributed by atoms with van der Waals surface area (Å²) in [6, 6.07) is 10.8. The van der Waals surface area contributed by atoms with Crippen molar-refractivity contribution in [2.75, 3.05) is 18.5 Å². The summed E-state index contributed by atoms with van der Waals surface area (Å²) in [5, 5.41) is 13.6. The predicted molar refractivity (Wildman–Crippen MR) is 104 cm³/mol. The number of nitrogens with one attached hydrogen (secondary N) is 1. The highest BCUT2D eigenvalue weighted by Crippen LogP contribution is 2.30. The van der Waals surface area contributed by atoms with Crippen molar-refractivity contribution in [2.24, 2.45) is 0 Å². The summed E-state index contributed by atoms with van der Waals surface area (Å²) in [6.45, 7) is 0.624. The molecule has 1 N–H and O–H groups in total. The number of carbonyl (C=O) groups is 4. The molecule has 0 aliphatic carbocycles. The zero-order valence-electron chi connectivity index (χ0n) is 15.9. The van der Waals surface area contributed by atoms with Crippen molar-refractivity contribution in [3.8, 4) is 0 Å². The van der Waals surface area contributed by atoms with E-state index in [4.69, 9.17) is 4.74 Å². The van der Waals surface area contributed by atoms with Gasteiger partial charge >= 0.3 is 5.97 Å². The van der Waals surface area contributed by atoms with Crippen LogP contribution in [-0.4, -0.2) is 46.7 Å². The van der Waals surface area contributed by atoms with Crippen LogP contribution in [0.4, 0.5) is 11.4 Å². The molecule has 0 aromatic heterocycles. The van der Waals surface area contributed by atoms with Crippen LogP contribution in [0.5, 0.6) is 0 Å². The Balaban J connectivity index is 1.58. The van der Waals surface area contributed by atoms with Crippen molar-refractivity contribution in [1.29, 1.82) is 0 Å². The second-order valence-corrected chi connectivity index (χ2v) is 6.41. The first-order valence-corrected chi connectivity index (χ1v) is 8.99. The predicted octanol–water partition coefficient (Wildman–Crippen LogP) is 1.94. The molecule has 0 saturated heterocycles. The molecule has 0 unspecified atom stereocenters. The van der Waals surface area contributed by atoms with Crippen LogP contribution in [0.25, 0.3) is 0 Å². The molecule has 1 heterocycles. The van der Waals surface area contributed by atoms with Crippen LogP contribution in [0, 0.1) is 10.1 Å². The average Bonchev–Trinajstić information content (AvgIpc) is 2.97. The fourth-order valence-electron chi connectivity index (χ4n) is 2.95. The maximum absolute atomic E-state index is 12.4. The van der Waals surface area contributed by atoms with Crippen molar-refractivity contribution < 1.29 is 28.8 Å². The number of anilines is 1. The van der Waals surface area contributed by atoms with Gasteiger partial charge in [-0.25, -0.2) is 0 Å². The molecule has 0 atom stereocenters. The minimum absolute atomic E-state index is 0.157. The first-order valence-electron chi connectivity index (χ1n) is 8.99. The number of fused-ring (bicyclic) bond motifs is 1. The Morgan fingerprint density at radius 3 is 2.43 bits per heavy atom. The number of amides is 3. The molecule has 2 aromatic rings. The number of nitrogens with zero attached hydrogens (tertiary/aromatic N) is 2. The van der Waals surface area contributed by atoms with E-state index in [0.29, 0.717) is 10.6 Å². The number of carbonyl (C=O) groups excluding carboxylic acids is 4. The average molecular weight is 411 g/mol. The molecule has 10 nitrogen and oxygen atoms in total. The van der Waals surface area contributed by atoms with Gasteiger partial charge in [-0.05, 0) is 30.2 Å². The summed E-state index contributed by atoms with van der Waals surface area (Å²) in [7, 11) is 0. The highest BCUT2D eigenvalue weighted by molar-refractivity contribution is 6.24. The summed E-state index contributed by atoms with van der Waals surface area (Å²) in [4.78, 5) is 59.6. The second-order valence-electron chi connectivity index (χ2n) is 6.41. The van der Waals surface area contributed by atoms with Crippen molar-refractivity contribution in [2.45, 2.75) is 13.3 Å². The van der Waals surface area contributed by atoms with E-state index in [1.165, 1.54) is 12.1 Å². The van der Waals surface area contributed by atoms with Crippen LogP contribution in [0.1, 0.15) is 33.2 Å². The maximum Gasteiger partial charge on any atom is 0.326 e. The molecule has 154 valence electrons. The van der Waals surface area contributed by atoms with Crippen LogP contribution in [-0.2, 0) is 20.7 Å². The minimum atomic E-state index is -0.997.